The van der Waals surface area contributed by atoms with E-state index < -0.39 is 11.2 Å². The zero-order chi connectivity index (χ0) is 9.69. The minimum atomic E-state index is -0.899. The Morgan fingerprint density at radius 2 is 1.77 bits per heavy atom. The monoisotopic (exact) mass is 178 g/mol. The highest BCUT2D eigenvalue weighted by molar-refractivity contribution is 5.44. The second-order valence-corrected chi connectivity index (χ2v) is 4.18. The summed E-state index contributed by atoms with van der Waals surface area (Å²) in [5.74, 6) is 0.789. The van der Waals surface area contributed by atoms with Crippen LogP contribution in [0.2, 0.25) is 0 Å². The van der Waals surface area contributed by atoms with Crippen molar-refractivity contribution < 1.29 is 9.84 Å². The van der Waals surface area contributed by atoms with E-state index >= 15 is 0 Å². The van der Waals surface area contributed by atoms with Crippen molar-refractivity contribution in [3.05, 3.63) is 29.8 Å². The molecule has 0 bridgehead atoms. The van der Waals surface area contributed by atoms with Gasteiger partial charge < -0.3 is 9.84 Å². The molecular weight excluding hydrogens is 164 g/mol. The summed E-state index contributed by atoms with van der Waals surface area (Å²) in [7, 11) is 0. The molecule has 0 radical (unpaired) electrons. The van der Waals surface area contributed by atoms with Gasteiger partial charge in [-0.05, 0) is 26.8 Å². The van der Waals surface area contributed by atoms with E-state index in [2.05, 4.69) is 0 Å². The van der Waals surface area contributed by atoms with Crippen LogP contribution in [-0.4, -0.2) is 10.7 Å². The highest BCUT2D eigenvalue weighted by Crippen LogP contribution is 2.46. The van der Waals surface area contributed by atoms with Crippen molar-refractivity contribution in [3.63, 3.8) is 0 Å². The lowest BCUT2D eigenvalue weighted by atomic mass is 9.84. The van der Waals surface area contributed by atoms with Crippen molar-refractivity contribution in [2.24, 2.45) is 0 Å². The molecule has 0 aliphatic carbocycles. The molecule has 1 aromatic rings. The van der Waals surface area contributed by atoms with Crippen LogP contribution in [0.4, 0.5) is 0 Å². The van der Waals surface area contributed by atoms with E-state index in [-0.39, 0.29) is 0 Å². The van der Waals surface area contributed by atoms with Gasteiger partial charge in [-0.15, -0.1) is 0 Å². The standard InChI is InChI=1S/C11H14O2/c1-10(2)11(3,12)8-6-4-5-7-9(8)13-10/h4-7,12H,1-3H3/t11-/m0/s1. The van der Waals surface area contributed by atoms with Crippen molar-refractivity contribution in [1.82, 2.24) is 0 Å². The molecule has 0 saturated carbocycles. The van der Waals surface area contributed by atoms with Crippen LogP contribution < -0.4 is 4.74 Å². The minimum Gasteiger partial charge on any atom is -0.484 e. The Labute approximate surface area is 78.2 Å². The van der Waals surface area contributed by atoms with E-state index in [0.717, 1.165) is 11.3 Å². The molecule has 0 saturated heterocycles. The number of benzene rings is 1. The Balaban J connectivity index is 2.60. The van der Waals surface area contributed by atoms with Crippen LogP contribution in [0.5, 0.6) is 5.75 Å². The number of ether oxygens (including phenoxy) is 1. The summed E-state index contributed by atoms with van der Waals surface area (Å²) < 4.78 is 5.66. The minimum absolute atomic E-state index is 0.545. The largest absolute Gasteiger partial charge is 0.484 e. The highest BCUT2D eigenvalue weighted by Gasteiger charge is 2.49. The van der Waals surface area contributed by atoms with Crippen LogP contribution in [0.1, 0.15) is 26.3 Å². The summed E-state index contributed by atoms with van der Waals surface area (Å²) in [6.07, 6.45) is 0. The van der Waals surface area contributed by atoms with Gasteiger partial charge >= 0.3 is 0 Å². The van der Waals surface area contributed by atoms with Gasteiger partial charge in [-0.2, -0.15) is 0 Å². The fourth-order valence-electron chi connectivity index (χ4n) is 1.66. The highest BCUT2D eigenvalue weighted by atomic mass is 16.5. The number of aliphatic hydroxyl groups is 1. The molecule has 0 fully saturated rings. The first kappa shape index (κ1) is 8.57. The van der Waals surface area contributed by atoms with Gasteiger partial charge in [0.05, 0.1) is 0 Å². The summed E-state index contributed by atoms with van der Waals surface area (Å²) in [5.41, 5.74) is -0.569. The first-order valence-corrected chi connectivity index (χ1v) is 4.46. The van der Waals surface area contributed by atoms with Crippen LogP contribution in [0.3, 0.4) is 0 Å². The maximum Gasteiger partial charge on any atom is 0.136 e. The topological polar surface area (TPSA) is 29.5 Å². The third kappa shape index (κ3) is 0.985. The van der Waals surface area contributed by atoms with Crippen molar-refractivity contribution in [2.75, 3.05) is 0 Å². The molecule has 1 atom stereocenters. The van der Waals surface area contributed by atoms with E-state index in [1.165, 1.54) is 0 Å². The van der Waals surface area contributed by atoms with Gasteiger partial charge in [-0.25, -0.2) is 0 Å². The summed E-state index contributed by atoms with van der Waals surface area (Å²) >= 11 is 0. The fourth-order valence-corrected chi connectivity index (χ4v) is 1.66. The average molecular weight is 178 g/mol. The fraction of sp³-hybridized carbons (Fsp3) is 0.455. The molecule has 13 heavy (non-hydrogen) atoms. The molecule has 70 valence electrons. The molecule has 0 spiro atoms. The Bertz CT molecular complexity index is 340. The second-order valence-electron chi connectivity index (χ2n) is 4.18. The average Bonchev–Trinajstić information content (AvgIpc) is 2.20. The molecule has 2 heteroatoms. The van der Waals surface area contributed by atoms with Gasteiger partial charge in [0, 0.05) is 5.56 Å². The van der Waals surface area contributed by atoms with Crippen molar-refractivity contribution >= 4 is 0 Å². The quantitative estimate of drug-likeness (QED) is 0.659. The lowest BCUT2D eigenvalue weighted by molar-refractivity contribution is -0.0806. The maximum atomic E-state index is 10.2. The van der Waals surface area contributed by atoms with Gasteiger partial charge in [0.1, 0.15) is 17.0 Å². The van der Waals surface area contributed by atoms with Crippen LogP contribution in [-0.2, 0) is 5.60 Å². The third-order valence-corrected chi connectivity index (χ3v) is 2.95. The smallest absolute Gasteiger partial charge is 0.136 e. The lowest BCUT2D eigenvalue weighted by Gasteiger charge is -2.31. The maximum absolute atomic E-state index is 10.2. The predicted octanol–water partition coefficient (Wildman–Crippen LogP) is 2.07. The Hall–Kier alpha value is -1.02. The van der Waals surface area contributed by atoms with Gasteiger partial charge in [0.15, 0.2) is 0 Å². The van der Waals surface area contributed by atoms with Crippen molar-refractivity contribution in [3.8, 4) is 5.75 Å². The third-order valence-electron chi connectivity index (χ3n) is 2.95. The molecule has 0 unspecified atom stereocenters. The summed E-state index contributed by atoms with van der Waals surface area (Å²) in [6.45, 7) is 5.58. The molecule has 2 rings (SSSR count). The molecule has 1 N–H and O–H groups in total. The van der Waals surface area contributed by atoms with Gasteiger partial charge in [0.25, 0.3) is 0 Å². The molecule has 1 heterocycles. The van der Waals surface area contributed by atoms with E-state index in [9.17, 15) is 5.11 Å². The summed E-state index contributed by atoms with van der Waals surface area (Å²) in [5, 5.41) is 10.2. The van der Waals surface area contributed by atoms with Crippen molar-refractivity contribution in [1.29, 1.82) is 0 Å². The van der Waals surface area contributed by atoms with E-state index in [1.807, 2.05) is 38.1 Å². The molecular formula is C11H14O2. The first-order chi connectivity index (χ1) is 5.95. The number of fused-ring (bicyclic) bond motifs is 1. The summed E-state index contributed by atoms with van der Waals surface area (Å²) in [4.78, 5) is 0. The van der Waals surface area contributed by atoms with Crippen molar-refractivity contribution in [2.45, 2.75) is 32.0 Å². The Kier molecular flexibility index (Phi) is 1.49. The SMILES string of the molecule is CC1(C)Oc2ccccc2[C@]1(C)O. The zero-order valence-corrected chi connectivity index (χ0v) is 8.16. The molecule has 1 aromatic carbocycles. The van der Waals surface area contributed by atoms with E-state index in [0.29, 0.717) is 0 Å². The zero-order valence-electron chi connectivity index (χ0n) is 8.16. The first-order valence-electron chi connectivity index (χ1n) is 4.46. The van der Waals surface area contributed by atoms with Crippen LogP contribution in [0, 0.1) is 0 Å². The molecule has 0 aromatic heterocycles. The number of para-hydroxylation sites is 1. The van der Waals surface area contributed by atoms with E-state index in [4.69, 9.17) is 4.74 Å². The van der Waals surface area contributed by atoms with E-state index in [1.54, 1.807) is 6.92 Å². The number of hydrogen-bond donors (Lipinski definition) is 1. The normalized spacial score (nSPS) is 29.5. The van der Waals surface area contributed by atoms with Gasteiger partial charge in [-0.3, -0.25) is 0 Å². The predicted molar refractivity (Wildman–Crippen MR) is 50.7 cm³/mol. The van der Waals surface area contributed by atoms with Gasteiger partial charge in [-0.1, -0.05) is 18.2 Å². The molecule has 1 aliphatic heterocycles. The Morgan fingerprint density at radius 1 is 1.15 bits per heavy atom. The lowest BCUT2D eigenvalue weighted by Crippen LogP contribution is -2.44. The molecule has 1 aliphatic rings. The van der Waals surface area contributed by atoms with Gasteiger partial charge in [0.2, 0.25) is 0 Å². The van der Waals surface area contributed by atoms with Crippen LogP contribution >= 0.6 is 0 Å². The van der Waals surface area contributed by atoms with Crippen LogP contribution in [0.15, 0.2) is 24.3 Å². The number of rotatable bonds is 0. The number of hydrogen-bond acceptors (Lipinski definition) is 2. The summed E-state index contributed by atoms with van der Waals surface area (Å²) in [6, 6.07) is 7.62. The molecule has 0 amide bonds. The Morgan fingerprint density at radius 3 is 2.38 bits per heavy atom. The molecule has 2 nitrogen and oxygen atoms in total. The van der Waals surface area contributed by atoms with Crippen LogP contribution in [0.25, 0.3) is 0 Å². The second kappa shape index (κ2) is 2.26.